The van der Waals surface area contributed by atoms with Crippen LogP contribution in [-0.2, 0) is 6.42 Å². The maximum Gasteiger partial charge on any atom is 0.162 e. The van der Waals surface area contributed by atoms with E-state index in [1.54, 1.807) is 12.1 Å². The van der Waals surface area contributed by atoms with Crippen molar-refractivity contribution in [2.24, 2.45) is 5.92 Å². The van der Waals surface area contributed by atoms with E-state index < -0.39 is 11.6 Å². The molecule has 96 valence electrons. The predicted octanol–water partition coefficient (Wildman–Crippen LogP) is 3.53. The van der Waals surface area contributed by atoms with Gasteiger partial charge in [0, 0.05) is 6.04 Å². The van der Waals surface area contributed by atoms with Crippen molar-refractivity contribution in [2.75, 3.05) is 6.54 Å². The Hall–Kier alpha value is -0.960. The molecule has 3 heteroatoms. The van der Waals surface area contributed by atoms with E-state index in [2.05, 4.69) is 26.1 Å². The molecular formula is C14H21F2N. The van der Waals surface area contributed by atoms with E-state index in [-0.39, 0.29) is 5.92 Å². The van der Waals surface area contributed by atoms with Gasteiger partial charge >= 0.3 is 0 Å². The van der Waals surface area contributed by atoms with Gasteiger partial charge in [-0.3, -0.25) is 0 Å². The first-order valence-corrected chi connectivity index (χ1v) is 6.26. The topological polar surface area (TPSA) is 12.0 Å². The minimum Gasteiger partial charge on any atom is -0.314 e. The monoisotopic (exact) mass is 241 g/mol. The van der Waals surface area contributed by atoms with Gasteiger partial charge in [0.15, 0.2) is 11.6 Å². The normalized spacial score (nSPS) is 14.6. The fraction of sp³-hybridized carbons (Fsp3) is 0.571. The van der Waals surface area contributed by atoms with Gasteiger partial charge < -0.3 is 5.32 Å². The van der Waals surface area contributed by atoms with Gasteiger partial charge in [0.25, 0.3) is 0 Å². The van der Waals surface area contributed by atoms with Crippen molar-refractivity contribution >= 4 is 0 Å². The number of nitrogens with one attached hydrogen (secondary N) is 1. The van der Waals surface area contributed by atoms with E-state index in [0.29, 0.717) is 18.0 Å². The number of benzene rings is 1. The molecule has 1 N–H and O–H groups in total. The highest BCUT2D eigenvalue weighted by Crippen LogP contribution is 2.18. The second-order valence-electron chi connectivity index (χ2n) is 4.47. The van der Waals surface area contributed by atoms with Crippen LogP contribution in [0.4, 0.5) is 8.78 Å². The van der Waals surface area contributed by atoms with Gasteiger partial charge in [-0.25, -0.2) is 8.78 Å². The average molecular weight is 241 g/mol. The van der Waals surface area contributed by atoms with Gasteiger partial charge in [-0.2, -0.15) is 0 Å². The number of hydrogen-bond donors (Lipinski definition) is 1. The van der Waals surface area contributed by atoms with Crippen LogP contribution in [0.15, 0.2) is 18.2 Å². The molecule has 0 spiro atoms. The lowest BCUT2D eigenvalue weighted by Gasteiger charge is -2.23. The molecule has 0 aliphatic heterocycles. The van der Waals surface area contributed by atoms with Crippen molar-refractivity contribution in [1.29, 1.82) is 0 Å². The molecule has 0 saturated heterocycles. The Morgan fingerprint density at radius 3 is 2.53 bits per heavy atom. The van der Waals surface area contributed by atoms with E-state index in [4.69, 9.17) is 0 Å². The zero-order chi connectivity index (χ0) is 12.8. The Kier molecular flexibility index (Phi) is 5.56. The lowest BCUT2D eigenvalue weighted by atomic mass is 9.92. The molecule has 1 nitrogen and oxygen atoms in total. The molecule has 1 rings (SSSR count). The van der Waals surface area contributed by atoms with E-state index >= 15 is 0 Å². The lowest BCUT2D eigenvalue weighted by Crippen LogP contribution is -2.35. The van der Waals surface area contributed by atoms with Crippen LogP contribution in [0, 0.1) is 17.6 Å². The molecular weight excluding hydrogens is 220 g/mol. The van der Waals surface area contributed by atoms with Gasteiger partial charge in [-0.1, -0.05) is 32.9 Å². The summed E-state index contributed by atoms with van der Waals surface area (Å²) in [5.41, 5.74) is 0.467. The SMILES string of the molecule is CCNC(CC)C(C)Cc1cccc(F)c1F. The van der Waals surface area contributed by atoms with Crippen LogP contribution in [0.2, 0.25) is 0 Å². The van der Waals surface area contributed by atoms with Gasteiger partial charge in [-0.05, 0) is 36.9 Å². The zero-order valence-electron chi connectivity index (χ0n) is 10.8. The maximum absolute atomic E-state index is 13.5. The molecule has 0 amide bonds. The maximum atomic E-state index is 13.5. The largest absolute Gasteiger partial charge is 0.314 e. The van der Waals surface area contributed by atoms with E-state index in [0.717, 1.165) is 19.0 Å². The van der Waals surface area contributed by atoms with Crippen molar-refractivity contribution in [3.05, 3.63) is 35.4 Å². The van der Waals surface area contributed by atoms with Crippen molar-refractivity contribution in [3.63, 3.8) is 0 Å². The van der Waals surface area contributed by atoms with Crippen molar-refractivity contribution in [1.82, 2.24) is 5.32 Å². The van der Waals surface area contributed by atoms with Crippen LogP contribution in [0.3, 0.4) is 0 Å². The Morgan fingerprint density at radius 2 is 1.94 bits per heavy atom. The smallest absolute Gasteiger partial charge is 0.162 e. The third kappa shape index (κ3) is 3.77. The van der Waals surface area contributed by atoms with E-state index in [1.165, 1.54) is 0 Å². The fourth-order valence-electron chi connectivity index (χ4n) is 2.21. The lowest BCUT2D eigenvalue weighted by molar-refractivity contribution is 0.365. The average Bonchev–Trinajstić information content (AvgIpc) is 2.31. The molecule has 2 unspecified atom stereocenters. The molecule has 0 heterocycles. The molecule has 0 fully saturated rings. The first kappa shape index (κ1) is 14.1. The van der Waals surface area contributed by atoms with Gasteiger partial charge in [0.1, 0.15) is 0 Å². The van der Waals surface area contributed by atoms with Crippen LogP contribution in [-0.4, -0.2) is 12.6 Å². The van der Waals surface area contributed by atoms with E-state index in [9.17, 15) is 8.78 Å². The molecule has 0 aliphatic rings. The van der Waals surface area contributed by atoms with Crippen LogP contribution in [0.1, 0.15) is 32.8 Å². The standard InChI is InChI=1S/C14H21F2N/c1-4-13(17-5-2)10(3)9-11-7-6-8-12(15)14(11)16/h6-8,10,13,17H,4-5,9H2,1-3H3. The quantitative estimate of drug-likeness (QED) is 0.803. The predicted molar refractivity (Wildman–Crippen MR) is 67.0 cm³/mol. The summed E-state index contributed by atoms with van der Waals surface area (Å²) < 4.78 is 26.6. The highest BCUT2D eigenvalue weighted by molar-refractivity contribution is 5.19. The number of rotatable bonds is 6. The Labute approximate surface area is 102 Å². The third-order valence-electron chi connectivity index (χ3n) is 3.17. The third-order valence-corrected chi connectivity index (χ3v) is 3.17. The summed E-state index contributed by atoms with van der Waals surface area (Å²) in [6.07, 6.45) is 1.56. The van der Waals surface area contributed by atoms with Gasteiger partial charge in [0.05, 0.1) is 0 Å². The van der Waals surface area contributed by atoms with Crippen LogP contribution < -0.4 is 5.32 Å². The fourth-order valence-corrected chi connectivity index (χ4v) is 2.21. The van der Waals surface area contributed by atoms with E-state index in [1.807, 2.05) is 0 Å². The summed E-state index contributed by atoms with van der Waals surface area (Å²) >= 11 is 0. The van der Waals surface area contributed by atoms with Gasteiger partial charge in [-0.15, -0.1) is 0 Å². The Balaban J connectivity index is 2.72. The van der Waals surface area contributed by atoms with Crippen LogP contribution >= 0.6 is 0 Å². The number of halogens is 2. The molecule has 0 bridgehead atoms. The highest BCUT2D eigenvalue weighted by Gasteiger charge is 2.17. The summed E-state index contributed by atoms with van der Waals surface area (Å²) in [7, 11) is 0. The van der Waals surface area contributed by atoms with Crippen molar-refractivity contribution in [3.8, 4) is 0 Å². The van der Waals surface area contributed by atoms with Crippen molar-refractivity contribution < 1.29 is 8.78 Å². The first-order valence-electron chi connectivity index (χ1n) is 6.26. The minimum absolute atomic E-state index is 0.288. The molecule has 1 aromatic carbocycles. The summed E-state index contributed by atoms with van der Waals surface area (Å²) in [5.74, 6) is -1.17. The molecule has 17 heavy (non-hydrogen) atoms. The molecule has 0 aromatic heterocycles. The molecule has 0 aliphatic carbocycles. The Bertz CT molecular complexity index is 352. The molecule has 0 saturated carbocycles. The van der Waals surface area contributed by atoms with Gasteiger partial charge in [0.2, 0.25) is 0 Å². The first-order chi connectivity index (χ1) is 8.10. The minimum atomic E-state index is -0.758. The zero-order valence-corrected chi connectivity index (χ0v) is 10.8. The molecule has 0 radical (unpaired) electrons. The Morgan fingerprint density at radius 1 is 1.24 bits per heavy atom. The van der Waals surface area contributed by atoms with Crippen LogP contribution in [0.25, 0.3) is 0 Å². The molecule has 2 atom stereocenters. The van der Waals surface area contributed by atoms with Crippen LogP contribution in [0.5, 0.6) is 0 Å². The van der Waals surface area contributed by atoms with Crippen molar-refractivity contribution in [2.45, 2.75) is 39.7 Å². The summed E-state index contributed by atoms with van der Waals surface area (Å²) in [5, 5.41) is 3.37. The highest BCUT2D eigenvalue weighted by atomic mass is 19.2. The molecule has 1 aromatic rings. The summed E-state index contributed by atoms with van der Waals surface area (Å²) in [4.78, 5) is 0. The second kappa shape index (κ2) is 6.70. The summed E-state index contributed by atoms with van der Waals surface area (Å²) in [6, 6.07) is 4.73. The second-order valence-corrected chi connectivity index (χ2v) is 4.47. The summed E-state index contributed by atoms with van der Waals surface area (Å²) in [6.45, 7) is 7.12. The number of hydrogen-bond acceptors (Lipinski definition) is 1.